The number of hydrogen-bond acceptors (Lipinski definition) is 5. The molecule has 0 amide bonds. The van der Waals surface area contributed by atoms with Crippen molar-refractivity contribution in [3.8, 4) is 16.9 Å². The summed E-state index contributed by atoms with van der Waals surface area (Å²) in [6.45, 7) is 5.78. The highest BCUT2D eigenvalue weighted by Gasteiger charge is 2.17. The third kappa shape index (κ3) is 3.88. The molecular weight excluding hydrogens is 354 g/mol. The molecule has 4 nitrogen and oxygen atoms in total. The average Bonchev–Trinajstić information content (AvgIpc) is 3.03. The van der Waals surface area contributed by atoms with Crippen LogP contribution in [-0.4, -0.2) is 30.2 Å². The first kappa shape index (κ1) is 18.0. The molecule has 0 fully saturated rings. The summed E-state index contributed by atoms with van der Waals surface area (Å²) in [7, 11) is 2.06. The molecule has 0 spiro atoms. The van der Waals surface area contributed by atoms with Crippen molar-refractivity contribution in [1.82, 2.24) is 9.97 Å². The van der Waals surface area contributed by atoms with E-state index in [1.807, 2.05) is 19.1 Å². The van der Waals surface area contributed by atoms with Crippen molar-refractivity contribution in [1.29, 1.82) is 0 Å². The summed E-state index contributed by atoms with van der Waals surface area (Å²) < 4.78 is 5.54. The Morgan fingerprint density at radius 1 is 1.16 bits per heavy atom. The Morgan fingerprint density at radius 2 is 1.92 bits per heavy atom. The summed E-state index contributed by atoms with van der Waals surface area (Å²) in [6, 6.07) is 8.16. The zero-order valence-electron chi connectivity index (χ0n) is 14.8. The van der Waals surface area contributed by atoms with Crippen LogP contribution < -0.4 is 9.64 Å². The molecular formula is C19H22ClN3OS. The molecule has 2 heterocycles. The highest BCUT2D eigenvalue weighted by Crippen LogP contribution is 2.39. The van der Waals surface area contributed by atoms with E-state index in [0.29, 0.717) is 11.9 Å². The Kier molecular flexibility index (Phi) is 5.76. The Balaban J connectivity index is 2.06. The lowest BCUT2D eigenvalue weighted by Crippen LogP contribution is -2.20. The SMILES string of the molecule is CCCCN(C)c1nc(Cl)nc2scc(-c3ccc(OCC)cc3)c12. The zero-order valence-corrected chi connectivity index (χ0v) is 16.3. The second-order valence-electron chi connectivity index (χ2n) is 5.88. The minimum atomic E-state index is 0.297. The van der Waals surface area contributed by atoms with Gasteiger partial charge in [0.05, 0.1) is 12.0 Å². The monoisotopic (exact) mass is 375 g/mol. The van der Waals surface area contributed by atoms with Crippen molar-refractivity contribution in [3.05, 3.63) is 34.9 Å². The van der Waals surface area contributed by atoms with Crippen LogP contribution in [0.4, 0.5) is 5.82 Å². The first-order valence-corrected chi connectivity index (χ1v) is 9.78. The van der Waals surface area contributed by atoms with Crippen LogP contribution in [0.15, 0.2) is 29.6 Å². The second kappa shape index (κ2) is 8.02. The number of halogens is 1. The highest BCUT2D eigenvalue weighted by molar-refractivity contribution is 7.17. The van der Waals surface area contributed by atoms with Gasteiger partial charge in [0.25, 0.3) is 0 Å². The van der Waals surface area contributed by atoms with Gasteiger partial charge in [-0.2, -0.15) is 4.98 Å². The number of aromatic nitrogens is 2. The quantitative estimate of drug-likeness (QED) is 0.500. The van der Waals surface area contributed by atoms with Gasteiger partial charge in [-0.1, -0.05) is 25.5 Å². The van der Waals surface area contributed by atoms with Gasteiger partial charge < -0.3 is 9.64 Å². The molecule has 3 rings (SSSR count). The summed E-state index contributed by atoms with van der Waals surface area (Å²) in [5.41, 5.74) is 2.27. The fourth-order valence-electron chi connectivity index (χ4n) is 2.79. The van der Waals surface area contributed by atoms with Gasteiger partial charge in [-0.3, -0.25) is 0 Å². The lowest BCUT2D eigenvalue weighted by molar-refractivity contribution is 0.340. The van der Waals surface area contributed by atoms with Crippen molar-refractivity contribution in [2.24, 2.45) is 0 Å². The van der Waals surface area contributed by atoms with E-state index < -0.39 is 0 Å². The summed E-state index contributed by atoms with van der Waals surface area (Å²) in [4.78, 5) is 12.0. The smallest absolute Gasteiger partial charge is 0.225 e. The summed E-state index contributed by atoms with van der Waals surface area (Å²) in [6.07, 6.45) is 2.25. The molecule has 0 bridgehead atoms. The molecule has 25 heavy (non-hydrogen) atoms. The van der Waals surface area contributed by atoms with Crippen molar-refractivity contribution >= 4 is 39.0 Å². The maximum absolute atomic E-state index is 6.15. The molecule has 0 N–H and O–H groups in total. The minimum Gasteiger partial charge on any atom is -0.494 e. The van der Waals surface area contributed by atoms with Gasteiger partial charge in [0.1, 0.15) is 16.4 Å². The number of benzene rings is 1. The maximum atomic E-state index is 6.15. The van der Waals surface area contributed by atoms with Crippen LogP contribution in [0.3, 0.4) is 0 Å². The molecule has 0 aliphatic rings. The molecule has 2 aromatic heterocycles. The van der Waals surface area contributed by atoms with Crippen LogP contribution in [0, 0.1) is 0 Å². The molecule has 0 aliphatic carbocycles. The van der Waals surface area contributed by atoms with Crippen LogP contribution in [0.1, 0.15) is 26.7 Å². The lowest BCUT2D eigenvalue weighted by Gasteiger charge is -2.19. The number of fused-ring (bicyclic) bond motifs is 1. The Labute approximate surface area is 157 Å². The number of unbranched alkanes of at least 4 members (excludes halogenated alkanes) is 1. The number of rotatable bonds is 7. The van der Waals surface area contributed by atoms with E-state index in [0.717, 1.165) is 52.3 Å². The fourth-order valence-corrected chi connectivity index (χ4v) is 3.94. The van der Waals surface area contributed by atoms with E-state index in [-0.39, 0.29) is 0 Å². The topological polar surface area (TPSA) is 38.2 Å². The van der Waals surface area contributed by atoms with Crippen LogP contribution in [0.25, 0.3) is 21.3 Å². The molecule has 0 saturated carbocycles. The standard InChI is InChI=1S/C19H22ClN3OS/c1-4-6-11-23(3)17-16-15(12-25-18(16)22-19(20)21-17)13-7-9-14(10-8-13)24-5-2/h7-10,12H,4-6,11H2,1-3H3. The second-order valence-corrected chi connectivity index (χ2v) is 7.07. The first-order valence-electron chi connectivity index (χ1n) is 8.53. The first-order chi connectivity index (χ1) is 12.1. The van der Waals surface area contributed by atoms with E-state index in [4.69, 9.17) is 16.3 Å². The number of thiophene rings is 1. The van der Waals surface area contributed by atoms with Gasteiger partial charge >= 0.3 is 0 Å². The third-order valence-corrected chi connectivity index (χ3v) is 5.11. The third-order valence-electron chi connectivity index (χ3n) is 4.07. The molecule has 0 radical (unpaired) electrons. The number of ether oxygens (including phenoxy) is 1. The summed E-state index contributed by atoms with van der Waals surface area (Å²) in [5, 5.41) is 3.49. The molecule has 132 valence electrons. The Hall–Kier alpha value is -1.85. The van der Waals surface area contributed by atoms with Crippen molar-refractivity contribution in [2.45, 2.75) is 26.7 Å². The molecule has 0 atom stereocenters. The maximum Gasteiger partial charge on any atom is 0.225 e. The van der Waals surface area contributed by atoms with E-state index in [1.54, 1.807) is 11.3 Å². The number of hydrogen-bond donors (Lipinski definition) is 0. The minimum absolute atomic E-state index is 0.297. The molecule has 3 aromatic rings. The average molecular weight is 376 g/mol. The Morgan fingerprint density at radius 3 is 2.60 bits per heavy atom. The van der Waals surface area contributed by atoms with Crippen LogP contribution in [0.2, 0.25) is 5.28 Å². The van der Waals surface area contributed by atoms with Gasteiger partial charge in [-0.05, 0) is 42.6 Å². The van der Waals surface area contributed by atoms with Gasteiger partial charge in [-0.25, -0.2) is 4.98 Å². The molecule has 1 aromatic carbocycles. The van der Waals surface area contributed by atoms with Crippen molar-refractivity contribution in [3.63, 3.8) is 0 Å². The molecule has 0 unspecified atom stereocenters. The lowest BCUT2D eigenvalue weighted by atomic mass is 10.1. The van der Waals surface area contributed by atoms with E-state index >= 15 is 0 Å². The van der Waals surface area contributed by atoms with Gasteiger partial charge in [0, 0.05) is 24.5 Å². The normalized spacial score (nSPS) is 11.0. The van der Waals surface area contributed by atoms with Crippen molar-refractivity contribution < 1.29 is 4.74 Å². The van der Waals surface area contributed by atoms with Crippen molar-refractivity contribution in [2.75, 3.05) is 25.1 Å². The zero-order chi connectivity index (χ0) is 17.8. The van der Waals surface area contributed by atoms with Crippen LogP contribution >= 0.6 is 22.9 Å². The fraction of sp³-hybridized carbons (Fsp3) is 0.368. The number of nitrogens with zero attached hydrogens (tertiary/aromatic N) is 3. The largest absolute Gasteiger partial charge is 0.494 e. The van der Waals surface area contributed by atoms with Gasteiger partial charge in [0.15, 0.2) is 0 Å². The molecule has 6 heteroatoms. The summed E-state index contributed by atoms with van der Waals surface area (Å²) >= 11 is 7.75. The predicted molar refractivity (Wildman–Crippen MR) is 107 cm³/mol. The number of anilines is 1. The molecule has 0 saturated heterocycles. The predicted octanol–water partition coefficient (Wildman–Crippen LogP) is 5.65. The van der Waals surface area contributed by atoms with E-state index in [2.05, 4.69) is 46.4 Å². The van der Waals surface area contributed by atoms with Gasteiger partial charge in [-0.15, -0.1) is 11.3 Å². The van der Waals surface area contributed by atoms with E-state index in [9.17, 15) is 0 Å². The highest BCUT2D eigenvalue weighted by atomic mass is 35.5. The Bertz CT molecular complexity index is 848. The van der Waals surface area contributed by atoms with Crippen LogP contribution in [-0.2, 0) is 0 Å². The van der Waals surface area contributed by atoms with Gasteiger partial charge in [0.2, 0.25) is 5.28 Å². The summed E-state index contributed by atoms with van der Waals surface area (Å²) in [5.74, 6) is 1.78. The molecule has 0 aliphatic heterocycles. The van der Waals surface area contributed by atoms with Crippen LogP contribution in [0.5, 0.6) is 5.75 Å². The van der Waals surface area contributed by atoms with E-state index in [1.165, 1.54) is 0 Å².